The van der Waals surface area contributed by atoms with Crippen LogP contribution in [0.1, 0.15) is 69.8 Å². The summed E-state index contributed by atoms with van der Waals surface area (Å²) in [7, 11) is -2.63. The molecule has 11 rings (SSSR count). The van der Waals surface area contributed by atoms with Gasteiger partial charge in [-0.15, -0.1) is 0 Å². The Hall–Kier alpha value is -8.23. The number of aliphatic hydroxyl groups is 1. The third kappa shape index (κ3) is 27.3. The Morgan fingerprint density at radius 2 is 0.673 bits per heavy atom. The smallest absolute Gasteiger partial charge is 0.333 e. The molecule has 15 atom stereocenters. The van der Waals surface area contributed by atoms with Crippen molar-refractivity contribution in [2.45, 2.75) is 165 Å². The molecule has 2 heterocycles. The number of benzene rings is 9. The first-order chi connectivity index (χ1) is 54.1. The second-order valence-electron chi connectivity index (χ2n) is 26.7. The van der Waals surface area contributed by atoms with E-state index in [0.29, 0.717) is 0 Å². The maximum absolute atomic E-state index is 18.3. The molecule has 582 valence electrons. The van der Waals surface area contributed by atoms with Crippen molar-refractivity contribution >= 4 is 20.4 Å². The maximum atomic E-state index is 18.3. The average molecular weight is 1530 g/mol. The number of carbonyl (C=O) groups excluding carboxylic acids is 2. The normalized spacial score (nSPS) is 20.3. The van der Waals surface area contributed by atoms with E-state index in [0.717, 1.165) is 50.1 Å². The molecule has 0 aromatic heterocycles. The van der Waals surface area contributed by atoms with Crippen LogP contribution in [0.15, 0.2) is 273 Å². The first kappa shape index (κ1) is 82.7. The van der Waals surface area contributed by atoms with Crippen molar-refractivity contribution in [2.24, 2.45) is 0 Å². The Bertz CT molecular complexity index is 3980. The molecule has 0 spiro atoms. The van der Waals surface area contributed by atoms with Crippen LogP contribution in [-0.4, -0.2) is 142 Å². The first-order valence-corrected chi connectivity index (χ1v) is 38.2. The molecule has 19 nitrogen and oxygen atoms in total. The van der Waals surface area contributed by atoms with Crippen LogP contribution in [0, 0.1) is 0 Å². The Balaban J connectivity index is 0.901. The quantitative estimate of drug-likeness (QED) is 0.0278. The number of ether oxygens (including phenoxy) is 13. The van der Waals surface area contributed by atoms with Gasteiger partial charge in [0.25, 0.3) is 0 Å². The number of carbonyl (C=O) groups is 2. The molecule has 9 aromatic rings. The van der Waals surface area contributed by atoms with Crippen molar-refractivity contribution in [1.82, 2.24) is 0 Å². The largest absolute Gasteiger partial charge is 0.456 e. The zero-order valence-corrected chi connectivity index (χ0v) is 62.5. The van der Waals surface area contributed by atoms with E-state index in [-0.39, 0.29) is 105 Å². The van der Waals surface area contributed by atoms with Crippen LogP contribution in [0.3, 0.4) is 0 Å². The lowest BCUT2D eigenvalue weighted by molar-refractivity contribution is -0.212. The molecule has 2 aliphatic heterocycles. The number of hydrogen-bond acceptors (Lipinski definition) is 19. The zero-order valence-electron chi connectivity index (χ0n) is 61.6. The van der Waals surface area contributed by atoms with Gasteiger partial charge < -0.3 is 85.1 Å². The van der Waals surface area contributed by atoms with Gasteiger partial charge in [-0.25, -0.2) is 8.78 Å². The number of ketones is 1. The predicted molar refractivity (Wildman–Crippen MR) is 407 cm³/mol. The van der Waals surface area contributed by atoms with Crippen molar-refractivity contribution in [3.8, 4) is 0 Å². The number of aliphatic hydroxyl groups excluding tert-OH is 1. The van der Waals surface area contributed by atoms with E-state index in [4.69, 9.17) is 75.2 Å². The molecule has 0 saturated carbocycles. The molecule has 2 saturated heterocycles. The van der Waals surface area contributed by atoms with Gasteiger partial charge in [-0.05, 0) is 57.0 Å². The monoisotopic (exact) mass is 1530 g/mol. The zero-order chi connectivity index (χ0) is 76.2. The molecule has 22 heteroatoms. The topological polar surface area (TPSA) is 202 Å². The van der Waals surface area contributed by atoms with Gasteiger partial charge in [0.15, 0.2) is 31.0 Å². The molecule has 9 aromatic carbocycles. The van der Waals surface area contributed by atoms with E-state index in [2.05, 4.69) is 0 Å². The van der Waals surface area contributed by atoms with E-state index in [9.17, 15) is 14.7 Å². The fraction of sp³-hybridized carbons (Fsp3) is 0.364. The summed E-state index contributed by atoms with van der Waals surface area (Å²) in [5.41, 5.74) is 7.39. The summed E-state index contributed by atoms with van der Waals surface area (Å²) in [4.78, 5) is 25.3. The van der Waals surface area contributed by atoms with Crippen LogP contribution < -0.4 is 0 Å². The van der Waals surface area contributed by atoms with Gasteiger partial charge in [0, 0.05) is 6.42 Å². The Morgan fingerprint density at radius 1 is 0.373 bits per heavy atom. The molecule has 110 heavy (non-hydrogen) atoms. The van der Waals surface area contributed by atoms with Crippen LogP contribution >= 0.6 is 8.60 Å². The van der Waals surface area contributed by atoms with E-state index in [1.54, 1.807) is 0 Å². The SMILES string of the molecule is CC(=O)CCC(=O)OC1C(COCc2ccccc2)OC(OCC(OCc2ccccc2)C(OCc2ccccc2)C(COP(OCc2ccccc2)OC2C(COCc3ccccc3)OC(OCC(OCc3ccccc3)C(OCc3ccccc3)C(CO)OCc3ccccc3)C2F)OCc2ccccc2)C1F. The summed E-state index contributed by atoms with van der Waals surface area (Å²) in [6.45, 7) is 0.106. The summed E-state index contributed by atoms with van der Waals surface area (Å²) >= 11 is 0. The van der Waals surface area contributed by atoms with Crippen molar-refractivity contribution in [3.05, 3.63) is 323 Å². The Labute approximate surface area is 643 Å². The Morgan fingerprint density at radius 3 is 1.03 bits per heavy atom. The van der Waals surface area contributed by atoms with Crippen molar-refractivity contribution in [2.75, 3.05) is 39.6 Å². The molecular weight excluding hydrogens is 1430 g/mol. The van der Waals surface area contributed by atoms with E-state index in [1.807, 2.05) is 273 Å². The molecular formula is C88H97F2O19P. The summed E-state index contributed by atoms with van der Waals surface area (Å²) < 4.78 is 141. The number of halogens is 2. The van der Waals surface area contributed by atoms with Gasteiger partial charge in [0.1, 0.15) is 60.7 Å². The van der Waals surface area contributed by atoms with Gasteiger partial charge in [-0.2, -0.15) is 0 Å². The fourth-order valence-corrected chi connectivity index (χ4v) is 13.5. The lowest BCUT2D eigenvalue weighted by Crippen LogP contribution is -2.48. The highest BCUT2D eigenvalue weighted by molar-refractivity contribution is 7.41. The number of alkyl halides is 2. The predicted octanol–water partition coefficient (Wildman–Crippen LogP) is 15.2. The summed E-state index contributed by atoms with van der Waals surface area (Å²) in [5, 5.41) is 11.2. The summed E-state index contributed by atoms with van der Waals surface area (Å²) in [6.07, 6.45) is -19.3. The Kier molecular flexibility index (Phi) is 34.5. The molecule has 1 N–H and O–H groups in total. The van der Waals surface area contributed by atoms with Crippen LogP contribution in [0.5, 0.6) is 0 Å². The second-order valence-corrected chi connectivity index (χ2v) is 27.9. The highest BCUT2D eigenvalue weighted by atomic mass is 31.2. The lowest BCUT2D eigenvalue weighted by Gasteiger charge is -2.35. The molecule has 0 radical (unpaired) electrons. The summed E-state index contributed by atoms with van der Waals surface area (Å²) in [5.74, 6) is -1.02. The summed E-state index contributed by atoms with van der Waals surface area (Å²) in [6, 6.07) is 85.3. The molecule has 0 amide bonds. The van der Waals surface area contributed by atoms with E-state index in [1.165, 1.54) is 6.92 Å². The number of Topliss-reactive ketones (excluding diaryl/α,β-unsaturated/α-hetero) is 1. The molecule has 2 aliphatic rings. The minimum atomic E-state index is -2.63. The highest BCUT2D eigenvalue weighted by Crippen LogP contribution is 2.47. The van der Waals surface area contributed by atoms with E-state index >= 15 is 8.78 Å². The van der Waals surface area contributed by atoms with Crippen molar-refractivity contribution in [3.63, 3.8) is 0 Å². The van der Waals surface area contributed by atoms with Crippen molar-refractivity contribution in [1.29, 1.82) is 0 Å². The number of esters is 1. The third-order valence-electron chi connectivity index (χ3n) is 18.3. The lowest BCUT2D eigenvalue weighted by atomic mass is 10.1. The standard InChI is InChI=1S/C88H97F2O19P/c1-64(92)47-48-80(93)108-85-78(59-94-50-65-29-11-2-12-30-65)106-87(81(85)89)102-62-76(98-54-69-37-19-6-20-38-69)84(101-57-72-43-25-9-26-44-72)77(99-55-70-39-21-7-22-40-70)63-105-110(104-58-73-45-27-10-28-46-73)109-86-79(60-95-51-66-31-13-3-14-32-66)107-88(82(86)90)103-61-75(97-53-68-35-17-5-18-36-68)83(100-56-71-41-23-8-24-42-71)74(49-91)96-52-67-33-15-4-16-34-67/h2-46,74-79,81-88,91H,47-63H2,1H3. The minimum absolute atomic E-state index is 0.0108. The maximum Gasteiger partial charge on any atom is 0.333 e. The first-order valence-electron chi connectivity index (χ1n) is 37.1. The molecule has 0 bridgehead atoms. The molecule has 0 aliphatic carbocycles. The van der Waals surface area contributed by atoms with Crippen LogP contribution in [0.25, 0.3) is 0 Å². The number of hydrogen-bond donors (Lipinski definition) is 1. The van der Waals surface area contributed by atoms with Gasteiger partial charge in [-0.3, -0.25) is 4.79 Å². The van der Waals surface area contributed by atoms with Gasteiger partial charge in [-0.1, -0.05) is 273 Å². The molecule has 2 fully saturated rings. The van der Waals surface area contributed by atoms with Crippen LogP contribution in [0.4, 0.5) is 8.78 Å². The average Bonchev–Trinajstić information content (AvgIpc) is 1.67. The van der Waals surface area contributed by atoms with Gasteiger partial charge in [0.2, 0.25) is 0 Å². The van der Waals surface area contributed by atoms with E-state index < -0.39 is 114 Å². The van der Waals surface area contributed by atoms with Crippen LogP contribution in [0.2, 0.25) is 0 Å². The van der Waals surface area contributed by atoms with Crippen molar-refractivity contribution < 1.29 is 98.6 Å². The van der Waals surface area contributed by atoms with Gasteiger partial charge >= 0.3 is 14.6 Å². The fourth-order valence-electron chi connectivity index (χ4n) is 12.3. The highest BCUT2D eigenvalue weighted by Gasteiger charge is 2.51. The van der Waals surface area contributed by atoms with Crippen LogP contribution in [-0.2, 0) is 144 Å². The molecule has 15 unspecified atom stereocenters. The van der Waals surface area contributed by atoms with Gasteiger partial charge in [0.05, 0.1) is 106 Å². The number of rotatable bonds is 49. The minimum Gasteiger partial charge on any atom is -0.456 e. The third-order valence-corrected chi connectivity index (χ3v) is 19.4. The second kappa shape index (κ2) is 45.9.